The van der Waals surface area contributed by atoms with Gasteiger partial charge in [-0.2, -0.15) is 0 Å². The molecule has 0 heteroatoms. The van der Waals surface area contributed by atoms with E-state index in [1.54, 1.807) is 11.1 Å². The summed E-state index contributed by atoms with van der Waals surface area (Å²) in [6.45, 7) is 4.54. The largest absolute Gasteiger partial charge is 0.0651 e. The third-order valence-electron chi connectivity index (χ3n) is 8.19. The summed E-state index contributed by atoms with van der Waals surface area (Å²) < 4.78 is 0. The van der Waals surface area contributed by atoms with Crippen LogP contribution in [-0.4, -0.2) is 0 Å². The summed E-state index contributed by atoms with van der Waals surface area (Å²) in [6, 6.07) is 19.2. The maximum Gasteiger partial charge on any atom is -0.0162 e. The van der Waals surface area contributed by atoms with Crippen LogP contribution in [0.2, 0.25) is 0 Å². The van der Waals surface area contributed by atoms with Crippen LogP contribution >= 0.6 is 0 Å². The first kappa shape index (κ1) is 21.7. The van der Waals surface area contributed by atoms with Crippen molar-refractivity contribution in [1.29, 1.82) is 0 Å². The van der Waals surface area contributed by atoms with Gasteiger partial charge in [0.25, 0.3) is 0 Å². The van der Waals surface area contributed by atoms with Crippen LogP contribution in [0.25, 0.3) is 0 Å². The molecule has 30 heavy (non-hydrogen) atoms. The normalized spacial score (nSPS) is 27.1. The third-order valence-corrected chi connectivity index (χ3v) is 8.19. The quantitative estimate of drug-likeness (QED) is 0.434. The molecule has 0 bridgehead atoms. The van der Waals surface area contributed by atoms with E-state index in [1.165, 1.54) is 88.2 Å². The lowest BCUT2D eigenvalue weighted by atomic mass is 9.67. The molecule has 2 aliphatic carbocycles. The number of benzene rings is 2. The SMILES string of the molecule is CCCc1ccc([C@H]2CC[C@H]([C@H]3CC[C@H](c4ccc(CCC)cc4)CC3)CC2)cc1. The fourth-order valence-electron chi connectivity index (χ4n) is 6.34. The molecule has 2 aromatic carbocycles. The minimum absolute atomic E-state index is 0.815. The van der Waals surface area contributed by atoms with E-state index in [4.69, 9.17) is 0 Å². The molecule has 2 aromatic rings. The highest BCUT2D eigenvalue weighted by atomic mass is 14.4. The zero-order chi connectivity index (χ0) is 20.8. The fourth-order valence-corrected chi connectivity index (χ4v) is 6.34. The van der Waals surface area contributed by atoms with E-state index in [2.05, 4.69) is 62.4 Å². The predicted molar refractivity (Wildman–Crippen MR) is 130 cm³/mol. The summed E-state index contributed by atoms with van der Waals surface area (Å²) in [5.41, 5.74) is 6.21. The molecule has 0 aliphatic heterocycles. The molecular weight excluding hydrogens is 360 g/mol. The molecule has 4 rings (SSSR count). The maximum absolute atomic E-state index is 2.42. The topological polar surface area (TPSA) is 0 Å². The molecule has 0 amide bonds. The van der Waals surface area contributed by atoms with Gasteiger partial charge in [-0.3, -0.25) is 0 Å². The monoisotopic (exact) mass is 402 g/mol. The van der Waals surface area contributed by atoms with Crippen molar-refractivity contribution in [3.05, 3.63) is 70.8 Å². The highest BCUT2D eigenvalue weighted by Gasteiger charge is 2.31. The van der Waals surface area contributed by atoms with Crippen LogP contribution in [0.3, 0.4) is 0 Å². The second kappa shape index (κ2) is 10.7. The molecule has 2 fully saturated rings. The standard InChI is InChI=1S/C30H42/c1-3-5-23-7-11-25(12-8-23)27-15-19-29(20-16-27)30-21-17-28(18-22-30)26-13-9-24(6-4-2)10-14-26/h7-14,27-30H,3-6,15-22H2,1-2H3/t27-,28-,29-,30-. The van der Waals surface area contributed by atoms with Gasteiger partial charge in [0.05, 0.1) is 0 Å². The lowest BCUT2D eigenvalue weighted by molar-refractivity contribution is 0.177. The zero-order valence-corrected chi connectivity index (χ0v) is 19.4. The van der Waals surface area contributed by atoms with Gasteiger partial charge >= 0.3 is 0 Å². The first-order valence-electron chi connectivity index (χ1n) is 12.9. The maximum atomic E-state index is 2.42. The molecule has 0 saturated heterocycles. The van der Waals surface area contributed by atoms with Crippen molar-refractivity contribution >= 4 is 0 Å². The van der Waals surface area contributed by atoms with Crippen LogP contribution < -0.4 is 0 Å². The van der Waals surface area contributed by atoms with Gasteiger partial charge in [-0.15, -0.1) is 0 Å². The van der Waals surface area contributed by atoms with Crippen molar-refractivity contribution in [2.24, 2.45) is 11.8 Å². The van der Waals surface area contributed by atoms with Crippen molar-refractivity contribution < 1.29 is 0 Å². The summed E-state index contributed by atoms with van der Waals surface area (Å²) in [4.78, 5) is 0. The molecular formula is C30H42. The molecule has 162 valence electrons. The number of hydrogen-bond donors (Lipinski definition) is 0. The van der Waals surface area contributed by atoms with Gasteiger partial charge in [0, 0.05) is 0 Å². The first-order chi connectivity index (χ1) is 14.8. The Hall–Kier alpha value is -1.56. The molecule has 0 N–H and O–H groups in total. The average molecular weight is 403 g/mol. The molecule has 0 heterocycles. The fraction of sp³-hybridized carbons (Fsp3) is 0.600. The Morgan fingerprint density at radius 2 is 0.833 bits per heavy atom. The van der Waals surface area contributed by atoms with Crippen molar-refractivity contribution in [3.63, 3.8) is 0 Å². The number of aryl methyl sites for hydroxylation is 2. The summed E-state index contributed by atoms with van der Waals surface area (Å²) in [5.74, 6) is 3.62. The Morgan fingerprint density at radius 3 is 1.13 bits per heavy atom. The van der Waals surface area contributed by atoms with Crippen molar-refractivity contribution in [1.82, 2.24) is 0 Å². The van der Waals surface area contributed by atoms with Crippen LogP contribution in [0, 0.1) is 11.8 Å². The minimum atomic E-state index is 0.815. The molecule has 0 unspecified atom stereocenters. The average Bonchev–Trinajstić information content (AvgIpc) is 2.81. The molecule has 0 aromatic heterocycles. The van der Waals surface area contributed by atoms with Crippen LogP contribution in [0.15, 0.2) is 48.5 Å². The lowest BCUT2D eigenvalue weighted by Crippen LogP contribution is -2.25. The molecule has 0 radical (unpaired) electrons. The van der Waals surface area contributed by atoms with Crippen LogP contribution in [0.4, 0.5) is 0 Å². The smallest absolute Gasteiger partial charge is 0.0162 e. The second-order valence-electron chi connectivity index (χ2n) is 10.2. The zero-order valence-electron chi connectivity index (χ0n) is 19.4. The number of hydrogen-bond acceptors (Lipinski definition) is 0. The highest BCUT2D eigenvalue weighted by Crippen LogP contribution is 2.45. The molecule has 0 spiro atoms. The Kier molecular flexibility index (Phi) is 7.69. The molecule has 0 nitrogen and oxygen atoms in total. The van der Waals surface area contributed by atoms with Crippen molar-refractivity contribution in [3.8, 4) is 0 Å². The number of rotatable bonds is 7. The van der Waals surface area contributed by atoms with Crippen LogP contribution in [0.5, 0.6) is 0 Å². The molecule has 0 atom stereocenters. The third kappa shape index (κ3) is 5.37. The van der Waals surface area contributed by atoms with Gasteiger partial charge in [-0.05, 0) is 110 Å². The van der Waals surface area contributed by atoms with Gasteiger partial charge in [-0.1, -0.05) is 75.2 Å². The van der Waals surface area contributed by atoms with Gasteiger partial charge in [-0.25, -0.2) is 0 Å². The van der Waals surface area contributed by atoms with Gasteiger partial charge in [0.15, 0.2) is 0 Å². The van der Waals surface area contributed by atoms with Gasteiger partial charge in [0.2, 0.25) is 0 Å². The van der Waals surface area contributed by atoms with E-state index >= 15 is 0 Å². The predicted octanol–water partition coefficient (Wildman–Crippen LogP) is 8.84. The molecule has 2 saturated carbocycles. The van der Waals surface area contributed by atoms with E-state index in [-0.39, 0.29) is 0 Å². The van der Waals surface area contributed by atoms with E-state index < -0.39 is 0 Å². The van der Waals surface area contributed by atoms with Gasteiger partial charge in [0.1, 0.15) is 0 Å². The van der Waals surface area contributed by atoms with Crippen LogP contribution in [-0.2, 0) is 12.8 Å². The Bertz CT molecular complexity index is 670. The van der Waals surface area contributed by atoms with Crippen molar-refractivity contribution in [2.45, 2.75) is 103 Å². The summed E-state index contributed by atoms with van der Waals surface area (Å²) in [6.07, 6.45) is 16.4. The first-order valence-corrected chi connectivity index (χ1v) is 12.9. The highest BCUT2D eigenvalue weighted by molar-refractivity contribution is 5.27. The molecule has 2 aliphatic rings. The van der Waals surface area contributed by atoms with Crippen LogP contribution in [0.1, 0.15) is 112 Å². The summed E-state index contributed by atoms with van der Waals surface area (Å²) in [5, 5.41) is 0. The van der Waals surface area contributed by atoms with E-state index in [9.17, 15) is 0 Å². The Balaban J connectivity index is 1.24. The summed E-state index contributed by atoms with van der Waals surface area (Å²) in [7, 11) is 0. The lowest BCUT2D eigenvalue weighted by Gasteiger charge is -2.38. The second-order valence-corrected chi connectivity index (χ2v) is 10.2. The van der Waals surface area contributed by atoms with E-state index in [0.29, 0.717) is 0 Å². The van der Waals surface area contributed by atoms with E-state index in [1.807, 2.05) is 0 Å². The minimum Gasteiger partial charge on any atom is -0.0651 e. The van der Waals surface area contributed by atoms with Gasteiger partial charge < -0.3 is 0 Å². The van der Waals surface area contributed by atoms with Crippen molar-refractivity contribution in [2.75, 3.05) is 0 Å². The van der Waals surface area contributed by atoms with E-state index in [0.717, 1.165) is 23.7 Å². The summed E-state index contributed by atoms with van der Waals surface area (Å²) >= 11 is 0. The Morgan fingerprint density at radius 1 is 0.500 bits per heavy atom. The Labute approximate surface area is 185 Å².